The highest BCUT2D eigenvalue weighted by Crippen LogP contribution is 2.54. The van der Waals surface area contributed by atoms with Crippen LogP contribution in [0.25, 0.3) is 10.9 Å². The number of nitrogen functional groups attached to an aromatic ring is 1. The Morgan fingerprint density at radius 2 is 1.70 bits per heavy atom. The summed E-state index contributed by atoms with van der Waals surface area (Å²) in [5, 5.41) is 7.42. The van der Waals surface area contributed by atoms with Crippen molar-refractivity contribution in [3.63, 3.8) is 0 Å². The van der Waals surface area contributed by atoms with Gasteiger partial charge in [0.05, 0.1) is 31.7 Å². The molecule has 8 nitrogen and oxygen atoms in total. The normalized spacial score (nSPS) is 15.4. The van der Waals surface area contributed by atoms with Gasteiger partial charge in [-0.3, -0.25) is 0 Å². The second-order valence-corrected chi connectivity index (χ2v) is 10.2. The lowest BCUT2D eigenvalue weighted by molar-refractivity contribution is 0.244. The van der Waals surface area contributed by atoms with Crippen LogP contribution in [0.4, 0.5) is 11.8 Å². The second kappa shape index (κ2) is 12.0. The van der Waals surface area contributed by atoms with Gasteiger partial charge in [-0.05, 0) is 56.5 Å². The molecule has 40 heavy (non-hydrogen) atoms. The zero-order chi connectivity index (χ0) is 28.1. The zero-order valence-corrected chi connectivity index (χ0v) is 23.8. The Hall–Kier alpha value is -4.04. The SMILES string of the molecule is CCOc1ccccc1CC(c1c(OC)c(OC)cc2nc(NC)nc(N)c12)C1(c2ccccc2)CCNCC1. The molecule has 1 aliphatic rings. The molecule has 0 aliphatic carbocycles. The first kappa shape index (κ1) is 27.5. The van der Waals surface area contributed by atoms with Crippen LogP contribution in [0.15, 0.2) is 60.7 Å². The summed E-state index contributed by atoms with van der Waals surface area (Å²) in [7, 11) is 5.14. The van der Waals surface area contributed by atoms with Gasteiger partial charge in [0.1, 0.15) is 11.6 Å². The molecule has 5 rings (SSSR count). The van der Waals surface area contributed by atoms with Crippen molar-refractivity contribution < 1.29 is 14.2 Å². The molecule has 0 saturated carbocycles. The highest BCUT2D eigenvalue weighted by atomic mass is 16.5. The molecule has 2 heterocycles. The van der Waals surface area contributed by atoms with Gasteiger partial charge in [0.25, 0.3) is 0 Å². The summed E-state index contributed by atoms with van der Waals surface area (Å²) in [5.41, 5.74) is 10.6. The van der Waals surface area contributed by atoms with Gasteiger partial charge in [-0.2, -0.15) is 4.98 Å². The van der Waals surface area contributed by atoms with E-state index in [4.69, 9.17) is 24.9 Å². The summed E-state index contributed by atoms with van der Waals surface area (Å²) in [6.07, 6.45) is 2.59. The minimum atomic E-state index is -0.230. The molecule has 0 radical (unpaired) electrons. The van der Waals surface area contributed by atoms with E-state index in [9.17, 15) is 0 Å². The second-order valence-electron chi connectivity index (χ2n) is 10.2. The fourth-order valence-corrected chi connectivity index (χ4v) is 6.36. The molecule has 1 aliphatic heterocycles. The van der Waals surface area contributed by atoms with Crippen LogP contribution in [0.3, 0.4) is 0 Å². The number of nitrogens with two attached hydrogens (primary N) is 1. The van der Waals surface area contributed by atoms with Crippen molar-refractivity contribution in [2.75, 3.05) is 52.0 Å². The summed E-state index contributed by atoms with van der Waals surface area (Å²) in [6, 6.07) is 21.0. The topological polar surface area (TPSA) is 104 Å². The van der Waals surface area contributed by atoms with Crippen molar-refractivity contribution in [1.82, 2.24) is 15.3 Å². The average Bonchev–Trinajstić information content (AvgIpc) is 3.00. The van der Waals surface area contributed by atoms with Crippen LogP contribution in [0, 0.1) is 0 Å². The Morgan fingerprint density at radius 3 is 2.38 bits per heavy atom. The van der Waals surface area contributed by atoms with E-state index in [1.54, 1.807) is 21.3 Å². The van der Waals surface area contributed by atoms with Crippen molar-refractivity contribution in [2.45, 2.75) is 37.5 Å². The lowest BCUT2D eigenvalue weighted by atomic mass is 9.60. The molecule has 0 spiro atoms. The van der Waals surface area contributed by atoms with Gasteiger partial charge in [-0.25, -0.2) is 4.98 Å². The third kappa shape index (κ3) is 4.99. The first-order chi connectivity index (χ1) is 19.6. The number of methoxy groups -OCH3 is 2. The number of anilines is 2. The zero-order valence-electron chi connectivity index (χ0n) is 23.8. The van der Waals surface area contributed by atoms with Crippen LogP contribution in [-0.4, -0.2) is 50.9 Å². The number of rotatable bonds is 10. The number of aromatic nitrogens is 2. The molecule has 1 atom stereocenters. The minimum Gasteiger partial charge on any atom is -0.494 e. The first-order valence-corrected chi connectivity index (χ1v) is 13.9. The van der Waals surface area contributed by atoms with Crippen molar-refractivity contribution >= 4 is 22.7 Å². The van der Waals surface area contributed by atoms with E-state index >= 15 is 0 Å². The van der Waals surface area contributed by atoms with Gasteiger partial charge in [-0.1, -0.05) is 48.5 Å². The van der Waals surface area contributed by atoms with Crippen molar-refractivity contribution in [2.24, 2.45) is 0 Å². The first-order valence-electron chi connectivity index (χ1n) is 13.9. The quantitative estimate of drug-likeness (QED) is 0.248. The van der Waals surface area contributed by atoms with Gasteiger partial charge in [0.15, 0.2) is 11.5 Å². The van der Waals surface area contributed by atoms with Crippen LogP contribution in [0.1, 0.15) is 42.4 Å². The Morgan fingerprint density at radius 1 is 0.975 bits per heavy atom. The molecule has 4 aromatic rings. The van der Waals surface area contributed by atoms with Gasteiger partial charge in [0, 0.05) is 30.0 Å². The lowest BCUT2D eigenvalue weighted by Gasteiger charge is -2.46. The summed E-state index contributed by atoms with van der Waals surface area (Å²) in [5.74, 6) is 2.98. The Balaban J connectivity index is 1.87. The maximum absolute atomic E-state index is 6.74. The molecular weight excluding hydrogens is 502 g/mol. The average molecular weight is 542 g/mol. The van der Waals surface area contributed by atoms with E-state index in [1.807, 2.05) is 25.1 Å². The summed E-state index contributed by atoms with van der Waals surface area (Å²) < 4.78 is 18.2. The fraction of sp³-hybridized carbons (Fsp3) is 0.375. The van der Waals surface area contributed by atoms with Gasteiger partial charge < -0.3 is 30.6 Å². The number of hydrogen-bond acceptors (Lipinski definition) is 8. The number of nitrogens with one attached hydrogen (secondary N) is 2. The Labute approximate surface area is 236 Å². The van der Waals surface area contributed by atoms with E-state index in [-0.39, 0.29) is 11.3 Å². The molecule has 1 aromatic heterocycles. The molecule has 8 heteroatoms. The largest absolute Gasteiger partial charge is 0.494 e. The number of para-hydroxylation sites is 1. The van der Waals surface area contributed by atoms with E-state index in [0.717, 1.165) is 48.2 Å². The smallest absolute Gasteiger partial charge is 0.224 e. The highest BCUT2D eigenvalue weighted by molar-refractivity contribution is 5.96. The molecular formula is C32H39N5O3. The number of benzene rings is 3. The maximum Gasteiger partial charge on any atom is 0.224 e. The number of ether oxygens (including phenoxy) is 3. The third-order valence-corrected chi connectivity index (χ3v) is 8.17. The van der Waals surface area contributed by atoms with E-state index in [1.165, 1.54) is 5.56 Å². The molecule has 210 valence electrons. The predicted molar refractivity (Wildman–Crippen MR) is 161 cm³/mol. The van der Waals surface area contributed by atoms with Crippen molar-refractivity contribution in [3.8, 4) is 17.2 Å². The van der Waals surface area contributed by atoms with Crippen molar-refractivity contribution in [1.29, 1.82) is 0 Å². The lowest BCUT2D eigenvalue weighted by Crippen LogP contribution is -2.45. The minimum absolute atomic E-state index is 0.0579. The molecule has 1 fully saturated rings. The summed E-state index contributed by atoms with van der Waals surface area (Å²) in [6.45, 7) is 4.41. The van der Waals surface area contributed by atoms with E-state index in [2.05, 4.69) is 58.1 Å². The molecule has 0 amide bonds. The Bertz CT molecular complexity index is 1450. The van der Waals surface area contributed by atoms with Gasteiger partial charge in [0.2, 0.25) is 5.95 Å². The molecule has 4 N–H and O–H groups in total. The van der Waals surface area contributed by atoms with Crippen LogP contribution in [-0.2, 0) is 11.8 Å². The number of hydrogen-bond donors (Lipinski definition) is 3. The fourth-order valence-electron chi connectivity index (χ4n) is 6.36. The Kier molecular flexibility index (Phi) is 8.26. The maximum atomic E-state index is 6.74. The van der Waals surface area contributed by atoms with Crippen LogP contribution < -0.4 is 30.6 Å². The van der Waals surface area contributed by atoms with Crippen LogP contribution in [0.2, 0.25) is 0 Å². The van der Waals surface area contributed by atoms with Crippen LogP contribution >= 0.6 is 0 Å². The molecule has 3 aromatic carbocycles. The van der Waals surface area contributed by atoms with Gasteiger partial charge >= 0.3 is 0 Å². The number of piperidine rings is 1. The predicted octanol–water partition coefficient (Wildman–Crippen LogP) is 5.32. The molecule has 0 bridgehead atoms. The van der Waals surface area contributed by atoms with Gasteiger partial charge in [-0.15, -0.1) is 0 Å². The molecule has 1 unspecified atom stereocenters. The van der Waals surface area contributed by atoms with E-state index < -0.39 is 0 Å². The van der Waals surface area contributed by atoms with E-state index in [0.29, 0.717) is 41.8 Å². The third-order valence-electron chi connectivity index (χ3n) is 8.17. The monoisotopic (exact) mass is 541 g/mol. The number of fused-ring (bicyclic) bond motifs is 1. The van der Waals surface area contributed by atoms with Crippen molar-refractivity contribution in [3.05, 3.63) is 77.4 Å². The standard InChI is InChI=1S/C32H39N5O3/c1-5-40-25-14-10-9-11-21(25)19-23(32(15-17-35-18-16-32)22-12-7-6-8-13-22)27-28-24(20-26(38-3)29(27)39-4)36-31(34-2)37-30(28)33/h6-14,20,23,35H,5,15-19H2,1-4H3,(H3,33,34,36,37). The number of nitrogens with zero attached hydrogens (tertiary/aromatic N) is 2. The highest BCUT2D eigenvalue weighted by Gasteiger charge is 2.45. The van der Waals surface area contributed by atoms with Crippen LogP contribution in [0.5, 0.6) is 17.2 Å². The summed E-state index contributed by atoms with van der Waals surface area (Å²) in [4.78, 5) is 9.41. The summed E-state index contributed by atoms with van der Waals surface area (Å²) >= 11 is 0. The molecule has 1 saturated heterocycles.